The van der Waals surface area contributed by atoms with Crippen LogP contribution < -0.4 is 5.43 Å². The molecule has 1 unspecified atom stereocenters. The second-order valence-corrected chi connectivity index (χ2v) is 7.31. The van der Waals surface area contributed by atoms with E-state index in [0.29, 0.717) is 24.6 Å². The molecule has 0 saturated carbocycles. The summed E-state index contributed by atoms with van der Waals surface area (Å²) in [6, 6.07) is 9.13. The Morgan fingerprint density at radius 2 is 2.03 bits per heavy atom. The molecule has 7 nitrogen and oxygen atoms in total. The van der Waals surface area contributed by atoms with Gasteiger partial charge in [0.1, 0.15) is 11.4 Å². The zero-order valence-electron chi connectivity index (χ0n) is 17.0. The molecule has 2 aromatic heterocycles. The van der Waals surface area contributed by atoms with Crippen molar-refractivity contribution in [2.45, 2.75) is 33.1 Å². The minimum atomic E-state index is -0.237. The number of rotatable bonds is 8. The van der Waals surface area contributed by atoms with E-state index in [1.165, 1.54) is 6.07 Å². The molecule has 0 bridgehead atoms. The predicted octanol–water partition coefficient (Wildman–Crippen LogP) is 2.69. The molecule has 0 aliphatic rings. The molecule has 29 heavy (non-hydrogen) atoms. The number of aryl methyl sites for hydroxylation is 1. The van der Waals surface area contributed by atoms with Crippen LogP contribution >= 0.6 is 0 Å². The standard InChI is InChI=1S/C22H26N4O3/c1-4-16(2)15-29-22(28)12-18-7-5-6-17(10-18)11-20-21(27)8-9-26(24-20)19-13-23-25(3)14-19/h5-10,13-14,16H,4,11-12,15H2,1-3H3. The van der Waals surface area contributed by atoms with Gasteiger partial charge in [-0.25, -0.2) is 4.68 Å². The Balaban J connectivity index is 1.72. The van der Waals surface area contributed by atoms with Gasteiger partial charge in [-0.2, -0.15) is 10.2 Å². The lowest BCUT2D eigenvalue weighted by atomic mass is 10.0. The summed E-state index contributed by atoms with van der Waals surface area (Å²) in [6.45, 7) is 4.57. The Kier molecular flexibility index (Phi) is 6.59. The van der Waals surface area contributed by atoms with E-state index < -0.39 is 0 Å². The molecule has 0 fully saturated rings. The first-order valence-electron chi connectivity index (χ1n) is 9.76. The number of carbonyl (C=O) groups is 1. The van der Waals surface area contributed by atoms with E-state index in [9.17, 15) is 9.59 Å². The van der Waals surface area contributed by atoms with Crippen molar-refractivity contribution in [3.63, 3.8) is 0 Å². The zero-order chi connectivity index (χ0) is 20.8. The predicted molar refractivity (Wildman–Crippen MR) is 110 cm³/mol. The van der Waals surface area contributed by atoms with Crippen LogP contribution in [0, 0.1) is 5.92 Å². The fourth-order valence-corrected chi connectivity index (χ4v) is 2.85. The number of carbonyl (C=O) groups excluding carboxylic acids is 1. The van der Waals surface area contributed by atoms with Gasteiger partial charge in [0.15, 0.2) is 0 Å². The first kappa shape index (κ1) is 20.5. The van der Waals surface area contributed by atoms with Crippen molar-refractivity contribution in [2.75, 3.05) is 6.61 Å². The summed E-state index contributed by atoms with van der Waals surface area (Å²) in [4.78, 5) is 24.3. The van der Waals surface area contributed by atoms with Gasteiger partial charge in [0.05, 0.1) is 25.4 Å². The molecular formula is C22H26N4O3. The number of ether oxygens (including phenoxy) is 1. The fourth-order valence-electron chi connectivity index (χ4n) is 2.85. The molecule has 1 atom stereocenters. The van der Waals surface area contributed by atoms with Gasteiger partial charge in [-0.15, -0.1) is 0 Å². The number of hydrogen-bond donors (Lipinski definition) is 0. The lowest BCUT2D eigenvalue weighted by Crippen LogP contribution is -2.16. The average Bonchev–Trinajstić information content (AvgIpc) is 3.14. The number of esters is 1. The van der Waals surface area contributed by atoms with E-state index in [1.54, 1.807) is 21.8 Å². The van der Waals surface area contributed by atoms with Gasteiger partial charge < -0.3 is 4.74 Å². The second-order valence-electron chi connectivity index (χ2n) is 7.31. The summed E-state index contributed by atoms with van der Waals surface area (Å²) in [5, 5.41) is 8.59. The van der Waals surface area contributed by atoms with Crippen LogP contribution in [0.15, 0.2) is 53.7 Å². The molecule has 0 radical (unpaired) electrons. The van der Waals surface area contributed by atoms with Crippen molar-refractivity contribution in [2.24, 2.45) is 13.0 Å². The smallest absolute Gasteiger partial charge is 0.310 e. The third-order valence-corrected chi connectivity index (χ3v) is 4.77. The maximum absolute atomic E-state index is 12.3. The molecule has 0 N–H and O–H groups in total. The monoisotopic (exact) mass is 394 g/mol. The molecule has 3 rings (SSSR count). The van der Waals surface area contributed by atoms with Crippen molar-refractivity contribution < 1.29 is 9.53 Å². The SMILES string of the molecule is CCC(C)COC(=O)Cc1cccc(Cc2nn(-c3cnn(C)c3)ccc2=O)c1. The largest absolute Gasteiger partial charge is 0.465 e. The topological polar surface area (TPSA) is 79.0 Å². The van der Waals surface area contributed by atoms with Crippen LogP contribution in [0.3, 0.4) is 0 Å². The maximum atomic E-state index is 12.3. The van der Waals surface area contributed by atoms with Crippen molar-refractivity contribution in [1.82, 2.24) is 19.6 Å². The third kappa shape index (κ3) is 5.63. The first-order valence-corrected chi connectivity index (χ1v) is 9.76. The lowest BCUT2D eigenvalue weighted by molar-refractivity contribution is -0.144. The minimum Gasteiger partial charge on any atom is -0.465 e. The Bertz CT molecular complexity index is 1040. The van der Waals surface area contributed by atoms with E-state index >= 15 is 0 Å². The summed E-state index contributed by atoms with van der Waals surface area (Å²) in [6.07, 6.45) is 6.72. The molecule has 0 amide bonds. The van der Waals surface area contributed by atoms with E-state index in [0.717, 1.165) is 23.2 Å². The summed E-state index contributed by atoms with van der Waals surface area (Å²) in [5.41, 5.74) is 2.88. The Morgan fingerprint density at radius 3 is 2.76 bits per heavy atom. The van der Waals surface area contributed by atoms with Gasteiger partial charge in [0.25, 0.3) is 0 Å². The number of benzene rings is 1. The molecule has 152 valence electrons. The van der Waals surface area contributed by atoms with Gasteiger partial charge in [-0.05, 0) is 17.0 Å². The van der Waals surface area contributed by atoms with Crippen LogP contribution in [0.25, 0.3) is 5.69 Å². The van der Waals surface area contributed by atoms with Crippen molar-refractivity contribution in [1.29, 1.82) is 0 Å². The summed E-state index contributed by atoms with van der Waals surface area (Å²) in [7, 11) is 1.83. The van der Waals surface area contributed by atoms with Crippen LogP contribution in [0.4, 0.5) is 0 Å². The highest BCUT2D eigenvalue weighted by Gasteiger charge is 2.10. The highest BCUT2D eigenvalue weighted by Crippen LogP contribution is 2.11. The summed E-state index contributed by atoms with van der Waals surface area (Å²) < 4.78 is 8.65. The highest BCUT2D eigenvalue weighted by atomic mass is 16.5. The van der Waals surface area contributed by atoms with Crippen molar-refractivity contribution >= 4 is 5.97 Å². The van der Waals surface area contributed by atoms with Crippen LogP contribution in [0.1, 0.15) is 37.1 Å². The molecule has 3 aromatic rings. The van der Waals surface area contributed by atoms with Crippen molar-refractivity contribution in [3.8, 4) is 5.69 Å². The van der Waals surface area contributed by atoms with Gasteiger partial charge in [0, 0.05) is 25.7 Å². The quantitative estimate of drug-likeness (QED) is 0.549. The first-order chi connectivity index (χ1) is 13.9. The highest BCUT2D eigenvalue weighted by molar-refractivity contribution is 5.72. The van der Waals surface area contributed by atoms with Gasteiger partial charge in [-0.1, -0.05) is 44.5 Å². The molecule has 2 heterocycles. The molecular weight excluding hydrogens is 368 g/mol. The molecule has 0 spiro atoms. The van der Waals surface area contributed by atoms with Crippen LogP contribution in [-0.2, 0) is 29.4 Å². The Morgan fingerprint density at radius 1 is 1.24 bits per heavy atom. The average molecular weight is 394 g/mol. The van der Waals surface area contributed by atoms with E-state index in [1.807, 2.05) is 37.5 Å². The number of aromatic nitrogens is 4. The molecule has 0 aliphatic carbocycles. The Hall–Kier alpha value is -3.22. The van der Waals surface area contributed by atoms with Gasteiger partial charge >= 0.3 is 5.97 Å². The fraction of sp³-hybridized carbons (Fsp3) is 0.364. The molecule has 1 aromatic carbocycles. The second kappa shape index (κ2) is 9.32. The lowest BCUT2D eigenvalue weighted by Gasteiger charge is -2.10. The summed E-state index contributed by atoms with van der Waals surface area (Å²) >= 11 is 0. The van der Waals surface area contributed by atoms with Crippen LogP contribution in [0.5, 0.6) is 0 Å². The summed E-state index contributed by atoms with van der Waals surface area (Å²) in [5.74, 6) is 0.121. The molecule has 0 saturated heterocycles. The minimum absolute atomic E-state index is 0.122. The van der Waals surface area contributed by atoms with E-state index in [4.69, 9.17) is 4.74 Å². The number of nitrogens with zero attached hydrogens (tertiary/aromatic N) is 4. The van der Waals surface area contributed by atoms with Crippen LogP contribution in [0.2, 0.25) is 0 Å². The van der Waals surface area contributed by atoms with Gasteiger partial charge in [0.2, 0.25) is 5.43 Å². The van der Waals surface area contributed by atoms with E-state index in [2.05, 4.69) is 24.0 Å². The third-order valence-electron chi connectivity index (χ3n) is 4.77. The van der Waals surface area contributed by atoms with Gasteiger partial charge in [-0.3, -0.25) is 14.3 Å². The number of hydrogen-bond acceptors (Lipinski definition) is 5. The van der Waals surface area contributed by atoms with Crippen LogP contribution in [-0.4, -0.2) is 32.1 Å². The van der Waals surface area contributed by atoms with E-state index in [-0.39, 0.29) is 17.8 Å². The normalized spacial score (nSPS) is 12.0. The maximum Gasteiger partial charge on any atom is 0.310 e. The van der Waals surface area contributed by atoms with Crippen molar-refractivity contribution in [3.05, 3.63) is 76.0 Å². The molecule has 7 heteroatoms. The Labute approximate surface area is 169 Å². The zero-order valence-corrected chi connectivity index (χ0v) is 17.0. The molecule has 0 aliphatic heterocycles.